The summed E-state index contributed by atoms with van der Waals surface area (Å²) in [7, 11) is 0. The van der Waals surface area contributed by atoms with Gasteiger partial charge in [0.25, 0.3) is 0 Å². The highest BCUT2D eigenvalue weighted by molar-refractivity contribution is 5.89. The standard InChI is InChI=1S/C19H18N4O3/c1-4-24-14-7-5-13(6-8-14)15-18(9-20,10-21)19(11-22)12(2)17(3,25-15)26-16(19)23/h5-8,12,15,23H,4H2,1-3H3. The van der Waals surface area contributed by atoms with Crippen LogP contribution < -0.4 is 4.74 Å². The molecule has 4 unspecified atom stereocenters. The Bertz CT molecular complexity index is 862. The fourth-order valence-electron chi connectivity index (χ4n) is 3.92. The number of hydrogen-bond acceptors (Lipinski definition) is 7. The maximum atomic E-state index is 9.97. The van der Waals surface area contributed by atoms with E-state index in [1.165, 1.54) is 0 Å². The fraction of sp³-hybridized carbons (Fsp3) is 0.474. The molecule has 0 saturated carbocycles. The van der Waals surface area contributed by atoms with Gasteiger partial charge < -0.3 is 14.2 Å². The van der Waals surface area contributed by atoms with Gasteiger partial charge in [0.05, 0.1) is 30.7 Å². The quantitative estimate of drug-likeness (QED) is 0.893. The summed E-state index contributed by atoms with van der Waals surface area (Å²) in [5.74, 6) is -1.68. The summed E-state index contributed by atoms with van der Waals surface area (Å²) in [6, 6.07) is 12.9. The van der Waals surface area contributed by atoms with Crippen LogP contribution in [0.3, 0.4) is 0 Å². The van der Waals surface area contributed by atoms with Crippen molar-refractivity contribution in [3.63, 3.8) is 0 Å². The summed E-state index contributed by atoms with van der Waals surface area (Å²) < 4.78 is 17.0. The molecule has 1 aromatic carbocycles. The molecule has 1 aromatic rings. The molecular weight excluding hydrogens is 332 g/mol. The zero-order valence-corrected chi connectivity index (χ0v) is 14.7. The second-order valence-electron chi connectivity index (χ2n) is 6.62. The van der Waals surface area contributed by atoms with Crippen LogP contribution in [0, 0.1) is 56.2 Å². The van der Waals surface area contributed by atoms with Gasteiger partial charge in [-0.2, -0.15) is 15.8 Å². The lowest BCUT2D eigenvalue weighted by Gasteiger charge is -2.47. The molecule has 2 aliphatic rings. The van der Waals surface area contributed by atoms with E-state index in [2.05, 4.69) is 6.07 Å². The molecule has 7 nitrogen and oxygen atoms in total. The van der Waals surface area contributed by atoms with E-state index in [1.54, 1.807) is 38.1 Å². The molecule has 2 aliphatic heterocycles. The maximum absolute atomic E-state index is 9.97. The van der Waals surface area contributed by atoms with Crippen molar-refractivity contribution >= 4 is 5.90 Å². The Labute approximate surface area is 151 Å². The van der Waals surface area contributed by atoms with Gasteiger partial charge >= 0.3 is 0 Å². The van der Waals surface area contributed by atoms with Crippen LogP contribution in [0.1, 0.15) is 32.4 Å². The lowest BCUT2D eigenvalue weighted by Crippen LogP contribution is -2.57. The third-order valence-electron chi connectivity index (χ3n) is 5.49. The molecule has 4 atom stereocenters. The minimum atomic E-state index is -1.92. The summed E-state index contributed by atoms with van der Waals surface area (Å²) in [5.41, 5.74) is -3.08. The number of benzene rings is 1. The monoisotopic (exact) mass is 350 g/mol. The molecule has 7 heteroatoms. The van der Waals surface area contributed by atoms with E-state index >= 15 is 0 Å². The van der Waals surface area contributed by atoms with Crippen molar-refractivity contribution in [1.82, 2.24) is 0 Å². The second kappa shape index (κ2) is 5.73. The fourth-order valence-corrected chi connectivity index (χ4v) is 3.92. The molecule has 2 fully saturated rings. The summed E-state index contributed by atoms with van der Waals surface area (Å²) in [5, 5.41) is 38.1. The van der Waals surface area contributed by atoms with E-state index in [4.69, 9.17) is 19.6 Å². The zero-order valence-electron chi connectivity index (χ0n) is 14.7. The van der Waals surface area contributed by atoms with Gasteiger partial charge in [0.15, 0.2) is 5.41 Å². The molecule has 2 saturated heterocycles. The van der Waals surface area contributed by atoms with Gasteiger partial charge in [-0.3, -0.25) is 5.41 Å². The third kappa shape index (κ3) is 1.91. The van der Waals surface area contributed by atoms with Crippen LogP contribution in [0.5, 0.6) is 5.75 Å². The minimum absolute atomic E-state index is 0.397. The van der Waals surface area contributed by atoms with Crippen molar-refractivity contribution < 1.29 is 14.2 Å². The Morgan fingerprint density at radius 3 is 2.27 bits per heavy atom. The Balaban J connectivity index is 2.20. The number of rotatable bonds is 3. The largest absolute Gasteiger partial charge is 0.494 e. The van der Waals surface area contributed by atoms with Crippen LogP contribution in [-0.2, 0) is 9.47 Å². The predicted molar refractivity (Wildman–Crippen MR) is 89.5 cm³/mol. The number of hydrogen-bond donors (Lipinski definition) is 1. The molecule has 1 N–H and O–H groups in total. The van der Waals surface area contributed by atoms with E-state index in [1.807, 2.05) is 19.1 Å². The molecule has 0 aromatic heterocycles. The average molecular weight is 350 g/mol. The molecule has 0 radical (unpaired) electrons. The number of fused-ring (bicyclic) bond motifs is 2. The van der Waals surface area contributed by atoms with Gasteiger partial charge in [-0.15, -0.1) is 0 Å². The highest BCUT2D eigenvalue weighted by atomic mass is 16.7. The van der Waals surface area contributed by atoms with Crippen molar-refractivity contribution in [2.24, 2.45) is 16.7 Å². The molecule has 0 amide bonds. The summed E-state index contributed by atoms with van der Waals surface area (Å²) in [4.78, 5) is 0. The lowest BCUT2D eigenvalue weighted by atomic mass is 9.54. The highest BCUT2D eigenvalue weighted by Gasteiger charge is 2.78. The average Bonchev–Trinajstić information content (AvgIpc) is 2.78. The number of ether oxygens (including phenoxy) is 3. The molecule has 132 valence electrons. The van der Waals surface area contributed by atoms with Crippen molar-refractivity contribution in [3.8, 4) is 24.0 Å². The predicted octanol–water partition coefficient (Wildman–Crippen LogP) is 3.06. The molecule has 3 rings (SSSR count). The Morgan fingerprint density at radius 2 is 1.77 bits per heavy atom. The van der Waals surface area contributed by atoms with Gasteiger partial charge in [-0.05, 0) is 24.6 Å². The number of nitriles is 3. The van der Waals surface area contributed by atoms with Gasteiger partial charge in [0.2, 0.25) is 17.1 Å². The number of nitrogens with zero attached hydrogens (tertiary/aromatic N) is 3. The first-order valence-corrected chi connectivity index (χ1v) is 8.27. The van der Waals surface area contributed by atoms with Crippen LogP contribution in [0.25, 0.3) is 0 Å². The van der Waals surface area contributed by atoms with Crippen molar-refractivity contribution in [2.45, 2.75) is 32.7 Å². The van der Waals surface area contributed by atoms with Crippen molar-refractivity contribution in [3.05, 3.63) is 29.8 Å². The smallest absolute Gasteiger partial charge is 0.214 e. The van der Waals surface area contributed by atoms with Crippen LogP contribution in [0.15, 0.2) is 24.3 Å². The Morgan fingerprint density at radius 1 is 1.15 bits per heavy atom. The Kier molecular flexibility index (Phi) is 3.91. The van der Waals surface area contributed by atoms with E-state index in [9.17, 15) is 15.8 Å². The molecule has 2 heterocycles. The Hall–Kier alpha value is -3.08. The van der Waals surface area contributed by atoms with Gasteiger partial charge in [0, 0.05) is 6.92 Å². The first kappa shape index (κ1) is 17.7. The summed E-state index contributed by atoms with van der Waals surface area (Å²) in [6.45, 7) is 5.68. The SMILES string of the molecule is CCOc1ccc(C2OC3(C)OC(=N)C(C#N)(C3C)C2(C#N)C#N)cc1. The first-order chi connectivity index (χ1) is 12.3. The molecular formula is C19H18N4O3. The van der Waals surface area contributed by atoms with Crippen LogP contribution in [0.2, 0.25) is 0 Å². The normalized spacial score (nSPS) is 34.1. The van der Waals surface area contributed by atoms with Gasteiger partial charge in [0.1, 0.15) is 11.9 Å². The van der Waals surface area contributed by atoms with Gasteiger partial charge in [-0.1, -0.05) is 19.1 Å². The molecule has 0 aliphatic carbocycles. The molecule has 2 bridgehead atoms. The van der Waals surface area contributed by atoms with Crippen LogP contribution >= 0.6 is 0 Å². The maximum Gasteiger partial charge on any atom is 0.214 e. The summed E-state index contributed by atoms with van der Waals surface area (Å²) >= 11 is 0. The van der Waals surface area contributed by atoms with Crippen LogP contribution in [-0.4, -0.2) is 18.3 Å². The third-order valence-corrected chi connectivity index (χ3v) is 5.49. The lowest BCUT2D eigenvalue weighted by molar-refractivity contribution is -0.268. The highest BCUT2D eigenvalue weighted by Crippen LogP contribution is 2.66. The second-order valence-corrected chi connectivity index (χ2v) is 6.62. The van der Waals surface area contributed by atoms with Crippen molar-refractivity contribution in [2.75, 3.05) is 6.61 Å². The van der Waals surface area contributed by atoms with E-state index in [0.29, 0.717) is 17.9 Å². The number of nitrogens with one attached hydrogen (secondary N) is 1. The minimum Gasteiger partial charge on any atom is -0.494 e. The zero-order chi connectivity index (χ0) is 19.2. The van der Waals surface area contributed by atoms with E-state index in [0.717, 1.165) is 0 Å². The molecule has 26 heavy (non-hydrogen) atoms. The molecule has 0 spiro atoms. The van der Waals surface area contributed by atoms with Crippen molar-refractivity contribution in [1.29, 1.82) is 21.2 Å². The van der Waals surface area contributed by atoms with Gasteiger partial charge in [-0.25, -0.2) is 0 Å². The summed E-state index contributed by atoms with van der Waals surface area (Å²) in [6.07, 6.45) is -1.04. The van der Waals surface area contributed by atoms with Crippen LogP contribution in [0.4, 0.5) is 0 Å². The van der Waals surface area contributed by atoms with E-state index < -0.39 is 34.5 Å². The van der Waals surface area contributed by atoms with E-state index in [-0.39, 0.29) is 0 Å². The first-order valence-electron chi connectivity index (χ1n) is 8.27. The topological polar surface area (TPSA) is 123 Å².